The molecule has 0 unspecified atom stereocenters. The lowest BCUT2D eigenvalue weighted by atomic mass is 9.97. The van der Waals surface area contributed by atoms with Gasteiger partial charge in [-0.05, 0) is 49.1 Å². The van der Waals surface area contributed by atoms with Gasteiger partial charge in [0.25, 0.3) is 0 Å². The Morgan fingerprint density at radius 2 is 1.76 bits per heavy atom. The number of rotatable bonds is 6. The van der Waals surface area contributed by atoms with Crippen molar-refractivity contribution in [3.63, 3.8) is 0 Å². The number of hydrogen-bond acceptors (Lipinski definition) is 3. The van der Waals surface area contributed by atoms with Crippen LogP contribution in [0.25, 0.3) is 11.1 Å². The van der Waals surface area contributed by atoms with E-state index in [-0.39, 0.29) is 22.3 Å². The molecule has 29 heavy (non-hydrogen) atoms. The zero-order chi connectivity index (χ0) is 21.2. The van der Waals surface area contributed by atoms with Crippen molar-refractivity contribution in [2.24, 2.45) is 0 Å². The summed E-state index contributed by atoms with van der Waals surface area (Å²) in [6.07, 6.45) is 3.68. The molecular formula is C21H22F3NO3S. The van der Waals surface area contributed by atoms with Crippen LogP contribution in [-0.2, 0) is 10.0 Å². The van der Waals surface area contributed by atoms with Gasteiger partial charge in [-0.2, -0.15) is 0 Å². The second-order valence-corrected chi connectivity index (χ2v) is 9.35. The molecule has 2 aromatic carbocycles. The molecule has 1 N–H and O–H groups in total. The molecule has 0 atom stereocenters. The third-order valence-corrected chi connectivity index (χ3v) is 7.14. The van der Waals surface area contributed by atoms with Crippen LogP contribution in [0.5, 0.6) is 0 Å². The first-order chi connectivity index (χ1) is 13.7. The van der Waals surface area contributed by atoms with Gasteiger partial charge in [0.15, 0.2) is 17.4 Å². The van der Waals surface area contributed by atoms with E-state index in [1.54, 1.807) is 0 Å². The Labute approximate surface area is 168 Å². The van der Waals surface area contributed by atoms with Gasteiger partial charge < -0.3 is 0 Å². The lowest BCUT2D eigenvalue weighted by molar-refractivity contribution is 0.0993. The van der Waals surface area contributed by atoms with Crippen molar-refractivity contribution in [3.8, 4) is 11.1 Å². The molecule has 0 spiro atoms. The van der Waals surface area contributed by atoms with Gasteiger partial charge >= 0.3 is 0 Å². The smallest absolute Gasteiger partial charge is 0.214 e. The van der Waals surface area contributed by atoms with E-state index in [0.29, 0.717) is 12.8 Å². The van der Waals surface area contributed by atoms with Crippen LogP contribution in [0.4, 0.5) is 13.2 Å². The summed E-state index contributed by atoms with van der Waals surface area (Å²) in [5.41, 5.74) is -0.260. The maximum absolute atomic E-state index is 14.5. The van der Waals surface area contributed by atoms with Crippen LogP contribution in [0.1, 0.15) is 48.0 Å². The molecule has 156 valence electrons. The minimum atomic E-state index is -3.69. The fourth-order valence-electron chi connectivity index (χ4n) is 3.61. The fourth-order valence-corrected chi connectivity index (χ4v) is 5.13. The summed E-state index contributed by atoms with van der Waals surface area (Å²) in [4.78, 5) is 12.5. The molecule has 0 saturated heterocycles. The van der Waals surface area contributed by atoms with Gasteiger partial charge in [0.05, 0.1) is 17.4 Å². The van der Waals surface area contributed by atoms with E-state index in [4.69, 9.17) is 0 Å². The van der Waals surface area contributed by atoms with Crippen LogP contribution in [0.15, 0.2) is 30.3 Å². The fraction of sp³-hybridized carbons (Fsp3) is 0.381. The standard InChI is InChI=1S/C21H22F3NO3S/c1-13-10-14(16-8-5-9-18(22)21(16)24)11-17(20(13)23)19(26)12-25-29(27,28)15-6-3-2-4-7-15/h5,8-11,15,25H,2-4,6-7,12H2,1H3. The maximum Gasteiger partial charge on any atom is 0.214 e. The number of halogens is 3. The first-order valence-corrected chi connectivity index (χ1v) is 11.0. The second-order valence-electron chi connectivity index (χ2n) is 7.31. The summed E-state index contributed by atoms with van der Waals surface area (Å²) in [6, 6.07) is 6.03. The van der Waals surface area contributed by atoms with E-state index in [2.05, 4.69) is 4.72 Å². The molecule has 0 bridgehead atoms. The Morgan fingerprint density at radius 3 is 2.45 bits per heavy atom. The number of carbonyl (C=O) groups excluding carboxylic acids is 1. The zero-order valence-electron chi connectivity index (χ0n) is 16.0. The van der Waals surface area contributed by atoms with Crippen molar-refractivity contribution in [2.75, 3.05) is 6.54 Å². The second kappa shape index (κ2) is 8.67. The molecule has 0 amide bonds. The monoisotopic (exact) mass is 425 g/mol. The minimum absolute atomic E-state index is 0.0737. The van der Waals surface area contributed by atoms with Crippen molar-refractivity contribution < 1.29 is 26.4 Å². The molecule has 0 radical (unpaired) electrons. The van der Waals surface area contributed by atoms with Gasteiger partial charge in [0.2, 0.25) is 10.0 Å². The summed E-state index contributed by atoms with van der Waals surface area (Å²) < 4.78 is 69.3. The highest BCUT2D eigenvalue weighted by Gasteiger charge is 2.28. The van der Waals surface area contributed by atoms with Gasteiger partial charge in [-0.1, -0.05) is 31.4 Å². The van der Waals surface area contributed by atoms with Gasteiger partial charge in [0, 0.05) is 5.56 Å². The number of Topliss-reactive ketones (excluding diaryl/α,β-unsaturated/α-hetero) is 1. The molecule has 1 fully saturated rings. The Hall–Kier alpha value is -2.19. The third kappa shape index (κ3) is 4.70. The Kier molecular flexibility index (Phi) is 6.43. The maximum atomic E-state index is 14.5. The topological polar surface area (TPSA) is 63.2 Å². The average molecular weight is 425 g/mol. The number of aryl methyl sites for hydroxylation is 1. The first-order valence-electron chi connectivity index (χ1n) is 9.47. The van der Waals surface area contributed by atoms with Crippen molar-refractivity contribution in [2.45, 2.75) is 44.3 Å². The predicted octanol–water partition coefficient (Wildman–Crippen LogP) is 4.51. The SMILES string of the molecule is Cc1cc(-c2cccc(F)c2F)cc(C(=O)CNS(=O)(=O)C2CCCCC2)c1F. The first kappa shape index (κ1) is 21.5. The Balaban J connectivity index is 1.85. The van der Waals surface area contributed by atoms with Crippen molar-refractivity contribution in [3.05, 3.63) is 58.9 Å². The average Bonchev–Trinajstić information content (AvgIpc) is 2.71. The van der Waals surface area contributed by atoms with E-state index in [0.717, 1.165) is 31.4 Å². The number of sulfonamides is 1. The number of ketones is 1. The van der Waals surface area contributed by atoms with Gasteiger partial charge in [-0.25, -0.2) is 26.3 Å². The minimum Gasteiger partial charge on any atom is -0.293 e. The predicted molar refractivity (Wildman–Crippen MR) is 105 cm³/mol. The van der Waals surface area contributed by atoms with Crippen LogP contribution in [0, 0.1) is 24.4 Å². The normalized spacial score (nSPS) is 15.4. The molecule has 4 nitrogen and oxygen atoms in total. The Bertz CT molecular complexity index is 1030. The van der Waals surface area contributed by atoms with Crippen LogP contribution >= 0.6 is 0 Å². The third-order valence-electron chi connectivity index (χ3n) is 5.24. The van der Waals surface area contributed by atoms with E-state index in [1.165, 1.54) is 25.1 Å². The van der Waals surface area contributed by atoms with Crippen LogP contribution in [-0.4, -0.2) is 26.0 Å². The van der Waals surface area contributed by atoms with E-state index < -0.39 is 45.1 Å². The number of nitrogens with one attached hydrogen (secondary N) is 1. The van der Waals surface area contributed by atoms with E-state index in [9.17, 15) is 26.4 Å². The molecule has 3 rings (SSSR count). The lowest BCUT2D eigenvalue weighted by Gasteiger charge is -2.21. The van der Waals surface area contributed by atoms with Crippen LogP contribution in [0.2, 0.25) is 0 Å². The summed E-state index contributed by atoms with van der Waals surface area (Å²) in [5, 5.41) is -0.552. The van der Waals surface area contributed by atoms with E-state index >= 15 is 0 Å². The summed E-state index contributed by atoms with van der Waals surface area (Å²) >= 11 is 0. The van der Waals surface area contributed by atoms with Crippen LogP contribution < -0.4 is 4.72 Å². The van der Waals surface area contributed by atoms with Crippen LogP contribution in [0.3, 0.4) is 0 Å². The highest BCUT2D eigenvalue weighted by atomic mass is 32.2. The quantitative estimate of drug-likeness (QED) is 0.693. The van der Waals surface area contributed by atoms with Crippen molar-refractivity contribution in [1.82, 2.24) is 4.72 Å². The molecule has 1 saturated carbocycles. The number of benzene rings is 2. The Morgan fingerprint density at radius 1 is 1.07 bits per heavy atom. The highest BCUT2D eigenvalue weighted by Crippen LogP contribution is 2.28. The molecule has 0 aliphatic heterocycles. The largest absolute Gasteiger partial charge is 0.293 e. The molecule has 2 aromatic rings. The number of carbonyl (C=O) groups is 1. The zero-order valence-corrected chi connectivity index (χ0v) is 16.8. The molecule has 8 heteroatoms. The summed E-state index contributed by atoms with van der Waals surface area (Å²) in [5.74, 6) is -3.75. The molecule has 0 aromatic heterocycles. The van der Waals surface area contributed by atoms with E-state index in [1.807, 2.05) is 0 Å². The van der Waals surface area contributed by atoms with Gasteiger partial charge in [0.1, 0.15) is 5.82 Å². The molecule has 1 aliphatic rings. The molecular weight excluding hydrogens is 403 g/mol. The highest BCUT2D eigenvalue weighted by molar-refractivity contribution is 7.90. The molecule has 0 heterocycles. The lowest BCUT2D eigenvalue weighted by Crippen LogP contribution is -2.38. The van der Waals surface area contributed by atoms with Gasteiger partial charge in [-0.15, -0.1) is 0 Å². The van der Waals surface area contributed by atoms with Crippen molar-refractivity contribution in [1.29, 1.82) is 0 Å². The van der Waals surface area contributed by atoms with Crippen molar-refractivity contribution >= 4 is 15.8 Å². The van der Waals surface area contributed by atoms with Gasteiger partial charge in [-0.3, -0.25) is 4.79 Å². The number of hydrogen-bond donors (Lipinski definition) is 1. The molecule has 1 aliphatic carbocycles. The summed E-state index contributed by atoms with van der Waals surface area (Å²) in [7, 11) is -3.69. The summed E-state index contributed by atoms with van der Waals surface area (Å²) in [6.45, 7) is 0.809.